The van der Waals surface area contributed by atoms with E-state index in [1.54, 1.807) is 0 Å². The van der Waals surface area contributed by atoms with Gasteiger partial charge in [-0.25, -0.2) is 0 Å². The summed E-state index contributed by atoms with van der Waals surface area (Å²) in [5, 5.41) is 0. The minimum absolute atomic E-state index is 0. The molecule has 0 aliphatic carbocycles. The molecule has 0 fully saturated rings. The van der Waals surface area contributed by atoms with E-state index in [1.807, 2.05) is 0 Å². The summed E-state index contributed by atoms with van der Waals surface area (Å²) < 4.78 is 3.00. The second-order valence-electron chi connectivity index (χ2n) is 3.95. The van der Waals surface area contributed by atoms with Gasteiger partial charge in [0.05, 0.1) is 0 Å². The fourth-order valence-electron chi connectivity index (χ4n) is 1.36. The third kappa shape index (κ3) is 51.6. The maximum Gasteiger partial charge on any atom is 2.00 e. The summed E-state index contributed by atoms with van der Waals surface area (Å²) in [6, 6.07) is 0. The van der Waals surface area contributed by atoms with E-state index < -0.39 is 0 Å². The Kier molecular flexibility index (Phi) is 26.0. The van der Waals surface area contributed by atoms with Crippen LogP contribution in [0.15, 0.2) is 0 Å². The van der Waals surface area contributed by atoms with Crippen molar-refractivity contribution in [1.82, 2.24) is 9.80 Å². The van der Waals surface area contributed by atoms with Gasteiger partial charge in [0, 0.05) is 13.1 Å². The van der Waals surface area contributed by atoms with Crippen LogP contribution in [-0.4, -0.2) is 167 Å². The molecule has 0 aromatic rings. The molecule has 4 nitrogen and oxygen atoms in total. The first-order valence-corrected chi connectivity index (χ1v) is 7.01. The molecule has 0 saturated heterocycles. The molecule has 9 heteroatoms. The van der Waals surface area contributed by atoms with Gasteiger partial charge in [-0.2, -0.15) is 0 Å². The third-order valence-corrected chi connectivity index (χ3v) is 2.52. The summed E-state index contributed by atoms with van der Waals surface area (Å²) in [5.41, 5.74) is 0. The molecule has 0 atom stereocenters. The number of hydrogen-bond donors (Lipinski definition) is 0. The van der Waals surface area contributed by atoms with Gasteiger partial charge in [-0.1, -0.05) is 27.7 Å². The third-order valence-electron chi connectivity index (χ3n) is 2.52. The van der Waals surface area contributed by atoms with E-state index in [4.69, 9.17) is 0 Å². The number of likely N-dealkylation sites (N-methyl/N-ethyl adjacent to an activating group) is 2. The summed E-state index contributed by atoms with van der Waals surface area (Å²) in [6.07, 6.45) is 0. The summed E-state index contributed by atoms with van der Waals surface area (Å²) >= 11 is 0. The SMILES string of the molecule is CCN(CC)CCN(CC)CC.[BH3-][N+]([BH3-])(C)C.[BH3-][N+]([BH3-])(C)C.[Ba+2]. The van der Waals surface area contributed by atoms with Crippen LogP contribution in [0.25, 0.3) is 0 Å². The first kappa shape index (κ1) is 32.4. The Hall–Kier alpha value is 1.67. The Balaban J connectivity index is -0.000000137. The zero-order valence-electron chi connectivity index (χ0n) is 14.7. The van der Waals surface area contributed by atoms with Crippen molar-refractivity contribution in [3.63, 3.8) is 0 Å². The van der Waals surface area contributed by atoms with Crippen molar-refractivity contribution >= 4 is 80.8 Å². The standard InChI is InChI=1S/C10H24N2.2C2H12B2N.Ba/c1-5-11(6-2)9-10-12(7-3)8-4;2*1-5(2,3)4;/h5-10H2,1-4H3;2*1-4H3;/q;2*-1;+2. The minimum atomic E-state index is 0. The summed E-state index contributed by atoms with van der Waals surface area (Å²) in [4.78, 5) is 4.94. The van der Waals surface area contributed by atoms with Crippen LogP contribution >= 0.6 is 0 Å². The monoisotopic (exact) mass is 454 g/mol. The Morgan fingerprint density at radius 1 is 0.565 bits per heavy atom. The predicted octanol–water partition coefficient (Wildman–Crippen LogP) is -3.46. The number of rotatable bonds is 7. The van der Waals surface area contributed by atoms with Crippen LogP contribution in [0.1, 0.15) is 27.7 Å². The number of nitrogens with zero attached hydrogens (tertiary/aromatic N) is 4. The normalized spacial score (nSPS) is 11.2. The van der Waals surface area contributed by atoms with Gasteiger partial charge in [-0.3, -0.25) is 0 Å². The zero-order valence-corrected chi connectivity index (χ0v) is 19.2. The van der Waals surface area contributed by atoms with Crippen LogP contribution in [0.2, 0.25) is 0 Å². The molecule has 138 valence electrons. The second kappa shape index (κ2) is 18.5. The Bertz CT molecular complexity index is 192. The molecule has 0 aromatic heterocycles. The largest absolute Gasteiger partial charge is 2.00 e. The topological polar surface area (TPSA) is 6.48 Å². The molecular formula is C14H48B4BaN4. The van der Waals surface area contributed by atoms with Gasteiger partial charge >= 0.3 is 48.9 Å². The van der Waals surface area contributed by atoms with E-state index in [0.29, 0.717) is 31.9 Å². The average molecular weight is 453 g/mol. The van der Waals surface area contributed by atoms with Gasteiger partial charge in [0.1, 0.15) is 31.9 Å². The first-order chi connectivity index (χ1) is 9.78. The van der Waals surface area contributed by atoms with Crippen molar-refractivity contribution in [2.75, 3.05) is 67.5 Å². The second-order valence-corrected chi connectivity index (χ2v) is 3.95. The van der Waals surface area contributed by atoms with Gasteiger partial charge in [0.25, 0.3) is 0 Å². The Morgan fingerprint density at radius 3 is 0.783 bits per heavy atom. The number of quaternary nitrogens is 2. The summed E-state index contributed by atoms with van der Waals surface area (Å²) in [7, 11) is 12.0. The van der Waals surface area contributed by atoms with Crippen LogP contribution in [0.4, 0.5) is 0 Å². The average Bonchev–Trinajstić information content (AvgIpc) is 2.31. The van der Waals surface area contributed by atoms with E-state index in [2.05, 4.69) is 65.7 Å². The predicted molar refractivity (Wildman–Crippen MR) is 125 cm³/mol. The fraction of sp³-hybridized carbons (Fsp3) is 1.00. The fourth-order valence-corrected chi connectivity index (χ4v) is 1.36. The molecule has 0 N–H and O–H groups in total. The Morgan fingerprint density at radius 2 is 0.696 bits per heavy atom. The van der Waals surface area contributed by atoms with Crippen molar-refractivity contribution in [2.45, 2.75) is 27.7 Å². The molecule has 0 spiro atoms. The van der Waals surface area contributed by atoms with Gasteiger partial charge in [0.2, 0.25) is 0 Å². The molecule has 0 unspecified atom stereocenters. The van der Waals surface area contributed by atoms with Gasteiger partial charge in [-0.15, -0.1) is 0 Å². The van der Waals surface area contributed by atoms with Crippen molar-refractivity contribution in [2.24, 2.45) is 0 Å². The van der Waals surface area contributed by atoms with E-state index in [-0.39, 0.29) is 48.9 Å². The smallest absolute Gasteiger partial charge is 0.741 e. The summed E-state index contributed by atoms with van der Waals surface area (Å²) in [5.74, 6) is 0. The minimum Gasteiger partial charge on any atom is -0.741 e. The van der Waals surface area contributed by atoms with Gasteiger partial charge < -0.3 is 18.4 Å². The van der Waals surface area contributed by atoms with Crippen LogP contribution in [0.5, 0.6) is 0 Å². The van der Waals surface area contributed by atoms with E-state index in [9.17, 15) is 0 Å². The maximum absolute atomic E-state index is 2.47. The van der Waals surface area contributed by atoms with E-state index in [0.717, 1.165) is 0 Å². The maximum atomic E-state index is 2.47. The van der Waals surface area contributed by atoms with Crippen LogP contribution < -0.4 is 0 Å². The molecule has 0 saturated carbocycles. The molecule has 0 heterocycles. The molecule has 0 amide bonds. The molecule has 0 rings (SSSR count). The van der Waals surface area contributed by atoms with Gasteiger partial charge in [0.15, 0.2) is 0 Å². The molecule has 0 bridgehead atoms. The van der Waals surface area contributed by atoms with E-state index >= 15 is 0 Å². The molecular weight excluding hydrogens is 405 g/mol. The van der Waals surface area contributed by atoms with Crippen molar-refractivity contribution in [1.29, 1.82) is 0 Å². The molecule has 0 aromatic carbocycles. The van der Waals surface area contributed by atoms with Crippen LogP contribution in [0.3, 0.4) is 0 Å². The van der Waals surface area contributed by atoms with Crippen molar-refractivity contribution in [3.8, 4) is 0 Å². The summed E-state index contributed by atoms with van der Waals surface area (Å²) in [6.45, 7) is 16.1. The Labute approximate surface area is 192 Å². The van der Waals surface area contributed by atoms with Gasteiger partial charge in [-0.05, 0) is 54.4 Å². The first-order valence-electron chi connectivity index (χ1n) is 7.01. The molecule has 23 heavy (non-hydrogen) atoms. The van der Waals surface area contributed by atoms with Crippen molar-refractivity contribution < 1.29 is 8.61 Å². The molecule has 0 aliphatic rings. The zero-order chi connectivity index (χ0) is 18.4. The van der Waals surface area contributed by atoms with Crippen LogP contribution in [0, 0.1) is 0 Å². The molecule has 0 radical (unpaired) electrons. The van der Waals surface area contributed by atoms with E-state index in [1.165, 1.54) is 47.9 Å². The quantitative estimate of drug-likeness (QED) is 0.370. The van der Waals surface area contributed by atoms with Crippen molar-refractivity contribution in [3.05, 3.63) is 0 Å². The number of hydrogen-bond acceptors (Lipinski definition) is 2. The molecule has 0 aliphatic heterocycles. The van der Waals surface area contributed by atoms with Crippen LogP contribution in [-0.2, 0) is 0 Å².